The number of benzene rings is 2. The number of sulfonamides is 1. The van der Waals surface area contributed by atoms with Crippen LogP contribution in [0.25, 0.3) is 0 Å². The molecule has 0 aliphatic carbocycles. The van der Waals surface area contributed by atoms with Crippen molar-refractivity contribution in [2.45, 2.75) is 10.3 Å². The van der Waals surface area contributed by atoms with Crippen molar-refractivity contribution in [2.75, 3.05) is 26.2 Å². The minimum Gasteiger partial charge on any atom is -0.323 e. The summed E-state index contributed by atoms with van der Waals surface area (Å²) in [5.41, 5.74) is 2.53. The summed E-state index contributed by atoms with van der Waals surface area (Å²) in [6.45, 7) is 2.62. The van der Waals surface area contributed by atoms with Crippen molar-refractivity contribution in [3.63, 3.8) is 0 Å². The highest BCUT2D eigenvalue weighted by Crippen LogP contribution is 2.28. The van der Waals surface area contributed by atoms with E-state index in [1.165, 1.54) is 27.4 Å². The summed E-state index contributed by atoms with van der Waals surface area (Å²) < 4.78 is 28.7. The summed E-state index contributed by atoms with van der Waals surface area (Å²) in [5, 5.41) is 0. The number of hydrogen-bond acceptors (Lipinski definition) is 3. The lowest BCUT2D eigenvalue weighted by Gasteiger charge is -2.36. The van der Waals surface area contributed by atoms with E-state index in [4.69, 9.17) is 0 Å². The molecule has 0 unspecified atom stereocenters. The molecule has 0 radical (unpaired) electrons. The summed E-state index contributed by atoms with van der Waals surface area (Å²) in [7, 11) is -3.41. The molecule has 2 heterocycles. The fourth-order valence-corrected chi connectivity index (χ4v) is 7.43. The maximum atomic E-state index is 12.9. The van der Waals surface area contributed by atoms with Gasteiger partial charge in [-0.15, -0.1) is 11.3 Å². The predicted molar refractivity (Wildman–Crippen MR) is 116 cm³/mol. The summed E-state index contributed by atoms with van der Waals surface area (Å²) in [6, 6.07) is 24.7. The van der Waals surface area contributed by atoms with Gasteiger partial charge in [0.25, 0.3) is 10.0 Å². The van der Waals surface area contributed by atoms with Crippen LogP contribution in [0.4, 0.5) is 0 Å². The molecular formula is C21H22BrN2O2S2+. The van der Waals surface area contributed by atoms with Gasteiger partial charge in [-0.3, -0.25) is 0 Å². The molecule has 4 nitrogen and oxygen atoms in total. The molecular weight excluding hydrogens is 456 g/mol. The Labute approximate surface area is 178 Å². The third-order valence-electron chi connectivity index (χ3n) is 5.18. The van der Waals surface area contributed by atoms with E-state index in [-0.39, 0.29) is 6.04 Å². The molecule has 4 rings (SSSR count). The molecule has 1 aliphatic rings. The molecule has 3 aromatic rings. The molecule has 0 spiro atoms. The van der Waals surface area contributed by atoms with E-state index in [9.17, 15) is 8.42 Å². The Morgan fingerprint density at radius 1 is 0.857 bits per heavy atom. The van der Waals surface area contributed by atoms with E-state index in [0.717, 1.165) is 16.9 Å². The third kappa shape index (κ3) is 4.09. The van der Waals surface area contributed by atoms with Crippen molar-refractivity contribution in [1.82, 2.24) is 4.31 Å². The number of piperazine rings is 1. The van der Waals surface area contributed by atoms with Crippen LogP contribution in [0.3, 0.4) is 0 Å². The van der Waals surface area contributed by atoms with Crippen molar-refractivity contribution in [3.8, 4) is 0 Å². The molecule has 0 atom stereocenters. The number of thiophene rings is 1. The van der Waals surface area contributed by atoms with Crippen LogP contribution in [0, 0.1) is 0 Å². The van der Waals surface area contributed by atoms with Crippen molar-refractivity contribution >= 4 is 37.3 Å². The van der Waals surface area contributed by atoms with E-state index in [1.54, 1.807) is 16.4 Å². The fourth-order valence-electron chi connectivity index (χ4n) is 3.82. The van der Waals surface area contributed by atoms with Crippen molar-refractivity contribution in [3.05, 3.63) is 87.7 Å². The molecule has 2 aromatic carbocycles. The van der Waals surface area contributed by atoms with Crippen LogP contribution in [0.15, 0.2) is 80.8 Å². The van der Waals surface area contributed by atoms with E-state index < -0.39 is 10.0 Å². The van der Waals surface area contributed by atoms with Crippen LogP contribution in [-0.4, -0.2) is 38.9 Å². The highest BCUT2D eigenvalue weighted by Gasteiger charge is 2.35. The second kappa shape index (κ2) is 8.47. The van der Waals surface area contributed by atoms with Crippen molar-refractivity contribution in [1.29, 1.82) is 0 Å². The Morgan fingerprint density at radius 3 is 1.86 bits per heavy atom. The molecule has 146 valence electrons. The van der Waals surface area contributed by atoms with Crippen LogP contribution in [0.2, 0.25) is 0 Å². The first-order valence-electron chi connectivity index (χ1n) is 9.25. The van der Waals surface area contributed by atoms with Gasteiger partial charge < -0.3 is 4.90 Å². The Balaban J connectivity index is 1.55. The van der Waals surface area contributed by atoms with Gasteiger partial charge >= 0.3 is 0 Å². The van der Waals surface area contributed by atoms with Crippen LogP contribution in [0.1, 0.15) is 17.2 Å². The van der Waals surface area contributed by atoms with Crippen molar-refractivity contribution < 1.29 is 13.3 Å². The average molecular weight is 478 g/mol. The molecule has 0 bridgehead atoms. The number of rotatable bonds is 5. The zero-order valence-electron chi connectivity index (χ0n) is 15.3. The number of quaternary nitrogens is 1. The van der Waals surface area contributed by atoms with Gasteiger partial charge in [-0.2, -0.15) is 4.31 Å². The fraction of sp³-hybridized carbons (Fsp3) is 0.238. The lowest BCUT2D eigenvalue weighted by atomic mass is 9.96. The zero-order valence-corrected chi connectivity index (χ0v) is 18.5. The molecule has 1 aliphatic heterocycles. The van der Waals surface area contributed by atoms with E-state index in [2.05, 4.69) is 64.5 Å². The molecule has 1 aromatic heterocycles. The van der Waals surface area contributed by atoms with Crippen LogP contribution in [0.5, 0.6) is 0 Å². The number of halogens is 1. The number of nitrogens with zero attached hydrogens (tertiary/aromatic N) is 1. The monoisotopic (exact) mass is 477 g/mol. The number of nitrogens with one attached hydrogen (secondary N) is 1. The van der Waals surface area contributed by atoms with Crippen LogP contribution in [-0.2, 0) is 10.0 Å². The van der Waals surface area contributed by atoms with Gasteiger partial charge in [-0.25, -0.2) is 8.42 Å². The lowest BCUT2D eigenvalue weighted by molar-refractivity contribution is -0.929. The molecule has 28 heavy (non-hydrogen) atoms. The maximum Gasteiger partial charge on any atom is 0.252 e. The molecule has 1 fully saturated rings. The van der Waals surface area contributed by atoms with Crippen LogP contribution >= 0.6 is 27.3 Å². The standard InChI is InChI=1S/C21H21BrN2O2S2/c22-19-11-12-20(27-19)28(25,26)24-15-13-23(14-16-24)21(17-7-3-1-4-8-17)18-9-5-2-6-10-18/h1-12,21H,13-16H2/p+1. The summed E-state index contributed by atoms with van der Waals surface area (Å²) in [4.78, 5) is 1.40. The first kappa shape index (κ1) is 19.8. The smallest absolute Gasteiger partial charge is 0.252 e. The van der Waals surface area contributed by atoms with Crippen LogP contribution < -0.4 is 4.90 Å². The second-order valence-corrected chi connectivity index (χ2v) is 11.5. The second-order valence-electron chi connectivity index (χ2n) is 6.88. The van der Waals surface area contributed by atoms with Gasteiger partial charge in [0, 0.05) is 11.1 Å². The normalized spacial score (nSPS) is 16.5. The van der Waals surface area contributed by atoms with E-state index >= 15 is 0 Å². The van der Waals surface area contributed by atoms with E-state index in [1.807, 2.05) is 12.1 Å². The Morgan fingerprint density at radius 2 is 1.39 bits per heavy atom. The highest BCUT2D eigenvalue weighted by atomic mass is 79.9. The zero-order chi connectivity index (χ0) is 19.6. The molecule has 7 heteroatoms. The third-order valence-corrected chi connectivity index (χ3v) is 9.17. The maximum absolute atomic E-state index is 12.9. The summed E-state index contributed by atoms with van der Waals surface area (Å²) >= 11 is 4.63. The van der Waals surface area contributed by atoms with Gasteiger partial charge in [-0.05, 0) is 28.1 Å². The highest BCUT2D eigenvalue weighted by molar-refractivity contribution is 9.11. The van der Waals surface area contributed by atoms with Gasteiger partial charge in [0.15, 0.2) is 0 Å². The van der Waals surface area contributed by atoms with Gasteiger partial charge in [0.1, 0.15) is 10.3 Å². The topological polar surface area (TPSA) is 41.8 Å². The minimum atomic E-state index is -3.41. The number of hydrogen-bond donors (Lipinski definition) is 1. The molecule has 0 saturated carbocycles. The van der Waals surface area contributed by atoms with Gasteiger partial charge in [-0.1, -0.05) is 60.7 Å². The Hall–Kier alpha value is -1.51. The summed E-state index contributed by atoms with van der Waals surface area (Å²) in [6.07, 6.45) is 0. The van der Waals surface area contributed by atoms with Gasteiger partial charge in [0.05, 0.1) is 30.0 Å². The summed E-state index contributed by atoms with van der Waals surface area (Å²) in [5.74, 6) is 0. The van der Waals surface area contributed by atoms with E-state index in [0.29, 0.717) is 17.3 Å². The largest absolute Gasteiger partial charge is 0.323 e. The molecule has 1 saturated heterocycles. The lowest BCUT2D eigenvalue weighted by Crippen LogP contribution is -3.15. The Kier molecular flexibility index (Phi) is 5.99. The molecule has 1 N–H and O–H groups in total. The Bertz CT molecular complexity index is 975. The SMILES string of the molecule is O=S(=O)(c1ccc(Br)s1)N1CC[NH+](C(c2ccccc2)c2ccccc2)CC1. The molecule has 0 amide bonds. The predicted octanol–water partition coefficient (Wildman–Crippen LogP) is 3.19. The van der Waals surface area contributed by atoms with Gasteiger partial charge in [0.2, 0.25) is 0 Å². The first-order chi connectivity index (χ1) is 13.6. The average Bonchev–Trinajstić information content (AvgIpc) is 3.18. The quantitative estimate of drug-likeness (QED) is 0.612. The minimum absolute atomic E-state index is 0.211. The van der Waals surface area contributed by atoms with Crippen molar-refractivity contribution in [2.24, 2.45) is 0 Å². The first-order valence-corrected chi connectivity index (χ1v) is 12.3.